The third-order valence-electron chi connectivity index (χ3n) is 4.61. The Morgan fingerprint density at radius 3 is 2.79 bits per heavy atom. The summed E-state index contributed by atoms with van der Waals surface area (Å²) < 4.78 is 0. The van der Waals surface area contributed by atoms with E-state index in [4.69, 9.17) is 0 Å². The topological polar surface area (TPSA) is 12.0 Å². The Labute approximate surface area is 121 Å². The normalized spacial score (nSPS) is 30.3. The van der Waals surface area contributed by atoms with Crippen LogP contribution in [0.15, 0.2) is 24.3 Å². The molecule has 0 spiro atoms. The second-order valence-electron chi connectivity index (χ2n) is 5.96. The number of hydrogen-bond donors (Lipinski definition) is 1. The van der Waals surface area contributed by atoms with Crippen molar-refractivity contribution < 1.29 is 0 Å². The number of nitrogens with one attached hydrogen (secondary N) is 1. The molecular weight excluding hydrogens is 250 g/mol. The van der Waals surface area contributed by atoms with Crippen LogP contribution in [-0.2, 0) is 12.8 Å². The fourth-order valence-electron chi connectivity index (χ4n) is 3.65. The second-order valence-corrected chi connectivity index (χ2v) is 7.54. The minimum Gasteiger partial charge on any atom is -0.311 e. The van der Waals surface area contributed by atoms with Gasteiger partial charge in [-0.25, -0.2) is 0 Å². The van der Waals surface area contributed by atoms with Gasteiger partial charge in [-0.05, 0) is 55.4 Å². The lowest BCUT2D eigenvalue weighted by molar-refractivity contribution is 0.396. The fraction of sp³-hybridized carbons (Fsp3) is 0.647. The first-order chi connectivity index (χ1) is 9.35. The van der Waals surface area contributed by atoms with Crippen LogP contribution in [0.4, 0.5) is 0 Å². The van der Waals surface area contributed by atoms with Crippen molar-refractivity contribution in [1.29, 1.82) is 0 Å². The number of aryl methyl sites for hydroxylation is 1. The van der Waals surface area contributed by atoms with Crippen molar-refractivity contribution >= 4 is 11.8 Å². The van der Waals surface area contributed by atoms with E-state index in [9.17, 15) is 0 Å². The summed E-state index contributed by atoms with van der Waals surface area (Å²) in [6.07, 6.45) is 8.00. The highest BCUT2D eigenvalue weighted by Gasteiger charge is 2.27. The van der Waals surface area contributed by atoms with Crippen LogP contribution in [0.25, 0.3) is 0 Å². The minimum atomic E-state index is 0.713. The van der Waals surface area contributed by atoms with Crippen LogP contribution < -0.4 is 5.32 Å². The molecule has 0 heterocycles. The van der Waals surface area contributed by atoms with Gasteiger partial charge in [-0.1, -0.05) is 31.2 Å². The molecule has 1 nitrogen and oxygen atoms in total. The van der Waals surface area contributed by atoms with Crippen molar-refractivity contribution in [3.05, 3.63) is 35.4 Å². The quantitative estimate of drug-likeness (QED) is 0.897. The van der Waals surface area contributed by atoms with Crippen molar-refractivity contribution in [2.75, 3.05) is 5.75 Å². The summed E-state index contributed by atoms with van der Waals surface area (Å²) in [6.45, 7) is 2.28. The molecule has 0 saturated heterocycles. The van der Waals surface area contributed by atoms with Gasteiger partial charge in [0, 0.05) is 17.3 Å². The zero-order valence-corrected chi connectivity index (χ0v) is 12.7. The maximum absolute atomic E-state index is 3.93. The molecule has 3 unspecified atom stereocenters. The zero-order chi connectivity index (χ0) is 13.1. The van der Waals surface area contributed by atoms with Gasteiger partial charge in [0.15, 0.2) is 0 Å². The summed E-state index contributed by atoms with van der Waals surface area (Å²) in [6, 6.07) is 10.5. The molecule has 1 aromatic rings. The molecule has 3 atom stereocenters. The van der Waals surface area contributed by atoms with Crippen molar-refractivity contribution in [3.63, 3.8) is 0 Å². The average Bonchev–Trinajstić information content (AvgIpc) is 2.86. The van der Waals surface area contributed by atoms with Gasteiger partial charge in [0.1, 0.15) is 0 Å². The number of hydrogen-bond acceptors (Lipinski definition) is 2. The first kappa shape index (κ1) is 13.5. The molecule has 0 aliphatic heterocycles. The van der Waals surface area contributed by atoms with Gasteiger partial charge >= 0.3 is 0 Å². The van der Waals surface area contributed by atoms with Crippen LogP contribution in [0.2, 0.25) is 0 Å². The summed E-state index contributed by atoms with van der Waals surface area (Å²) in [5, 5.41) is 4.85. The Hall–Kier alpha value is -0.470. The highest BCUT2D eigenvalue weighted by molar-refractivity contribution is 7.99. The van der Waals surface area contributed by atoms with Crippen LogP contribution >= 0.6 is 11.8 Å². The van der Waals surface area contributed by atoms with Gasteiger partial charge in [0.2, 0.25) is 0 Å². The molecule has 1 fully saturated rings. The maximum atomic E-state index is 3.93. The number of thioether (sulfide) groups is 1. The van der Waals surface area contributed by atoms with E-state index in [0.717, 1.165) is 11.3 Å². The average molecular weight is 275 g/mol. The summed E-state index contributed by atoms with van der Waals surface area (Å²) in [7, 11) is 0. The van der Waals surface area contributed by atoms with Gasteiger partial charge in [0.25, 0.3) is 0 Å². The van der Waals surface area contributed by atoms with E-state index < -0.39 is 0 Å². The smallest absolute Gasteiger partial charge is 0.0113 e. The number of benzene rings is 1. The lowest BCUT2D eigenvalue weighted by Gasteiger charge is -2.28. The molecule has 0 amide bonds. The van der Waals surface area contributed by atoms with E-state index in [-0.39, 0.29) is 0 Å². The van der Waals surface area contributed by atoms with Crippen molar-refractivity contribution in [2.24, 2.45) is 0 Å². The maximum Gasteiger partial charge on any atom is 0.0113 e. The summed E-state index contributed by atoms with van der Waals surface area (Å²) >= 11 is 2.15. The van der Waals surface area contributed by atoms with Crippen LogP contribution in [0.1, 0.15) is 43.7 Å². The van der Waals surface area contributed by atoms with Crippen LogP contribution in [0, 0.1) is 0 Å². The number of rotatable bonds is 4. The fourth-order valence-corrected chi connectivity index (χ4v) is 4.79. The first-order valence-corrected chi connectivity index (χ1v) is 8.84. The van der Waals surface area contributed by atoms with Gasteiger partial charge < -0.3 is 5.32 Å². The Morgan fingerprint density at radius 1 is 1.11 bits per heavy atom. The molecule has 2 heteroatoms. The van der Waals surface area contributed by atoms with E-state index in [1.54, 1.807) is 11.1 Å². The SMILES string of the molecule is CCSC1CCC(NC2CCc3ccccc3C2)C1. The van der Waals surface area contributed by atoms with Crippen LogP contribution in [-0.4, -0.2) is 23.1 Å². The third-order valence-corrected chi connectivity index (χ3v) is 5.84. The molecule has 1 N–H and O–H groups in total. The molecule has 19 heavy (non-hydrogen) atoms. The first-order valence-electron chi connectivity index (χ1n) is 7.79. The van der Waals surface area contributed by atoms with Crippen LogP contribution in [0.5, 0.6) is 0 Å². The van der Waals surface area contributed by atoms with Gasteiger partial charge in [0.05, 0.1) is 0 Å². The molecule has 2 aliphatic rings. The summed E-state index contributed by atoms with van der Waals surface area (Å²) in [5.74, 6) is 1.27. The summed E-state index contributed by atoms with van der Waals surface area (Å²) in [4.78, 5) is 0. The minimum absolute atomic E-state index is 0.713. The molecule has 0 aromatic heterocycles. The van der Waals surface area contributed by atoms with E-state index in [0.29, 0.717) is 6.04 Å². The van der Waals surface area contributed by atoms with E-state index in [2.05, 4.69) is 48.3 Å². The molecule has 104 valence electrons. The monoisotopic (exact) mass is 275 g/mol. The van der Waals surface area contributed by atoms with E-state index >= 15 is 0 Å². The predicted molar refractivity (Wildman–Crippen MR) is 84.9 cm³/mol. The largest absolute Gasteiger partial charge is 0.311 e. The van der Waals surface area contributed by atoms with E-state index in [1.807, 2.05) is 0 Å². The van der Waals surface area contributed by atoms with Crippen molar-refractivity contribution in [2.45, 2.75) is 62.8 Å². The molecule has 1 aromatic carbocycles. The lowest BCUT2D eigenvalue weighted by atomic mass is 9.88. The second kappa shape index (κ2) is 6.32. The van der Waals surface area contributed by atoms with Gasteiger partial charge in [-0.15, -0.1) is 0 Å². The molecule has 3 rings (SSSR count). The Kier molecular flexibility index (Phi) is 4.49. The predicted octanol–water partition coefficient (Wildman–Crippen LogP) is 3.81. The molecule has 0 radical (unpaired) electrons. The highest BCUT2D eigenvalue weighted by atomic mass is 32.2. The van der Waals surface area contributed by atoms with Crippen molar-refractivity contribution in [1.82, 2.24) is 5.32 Å². The standard InChI is InChI=1S/C17H25NS/c1-2-19-17-10-9-16(12-17)18-15-8-7-13-5-3-4-6-14(13)11-15/h3-6,15-18H,2,7-12H2,1H3. The van der Waals surface area contributed by atoms with Crippen LogP contribution in [0.3, 0.4) is 0 Å². The Morgan fingerprint density at radius 2 is 1.95 bits per heavy atom. The van der Waals surface area contributed by atoms with Gasteiger partial charge in [-0.3, -0.25) is 0 Å². The number of fused-ring (bicyclic) bond motifs is 1. The summed E-state index contributed by atoms with van der Waals surface area (Å²) in [5.41, 5.74) is 3.15. The van der Waals surface area contributed by atoms with Gasteiger partial charge in [-0.2, -0.15) is 11.8 Å². The molecule has 2 aliphatic carbocycles. The molecule has 1 saturated carbocycles. The molecule has 0 bridgehead atoms. The zero-order valence-electron chi connectivity index (χ0n) is 11.9. The highest BCUT2D eigenvalue weighted by Crippen LogP contribution is 2.31. The lowest BCUT2D eigenvalue weighted by Crippen LogP contribution is -2.40. The van der Waals surface area contributed by atoms with E-state index in [1.165, 1.54) is 44.3 Å². The third kappa shape index (κ3) is 3.35. The van der Waals surface area contributed by atoms with Crippen molar-refractivity contribution in [3.8, 4) is 0 Å². The Balaban J connectivity index is 1.53. The molecular formula is C17H25NS. The Bertz CT molecular complexity index is 417.